The number of aromatic amines is 1. The fraction of sp³-hybridized carbons (Fsp3) is 0.286. The Labute approximate surface area is 116 Å². The molecule has 0 aliphatic heterocycles. The molecule has 0 aliphatic carbocycles. The van der Waals surface area contributed by atoms with E-state index in [1.807, 2.05) is 13.8 Å². The lowest BCUT2D eigenvalue weighted by Crippen LogP contribution is -2.48. The van der Waals surface area contributed by atoms with E-state index in [0.29, 0.717) is 17.9 Å². The third-order valence-corrected chi connectivity index (χ3v) is 2.92. The zero-order valence-electron chi connectivity index (χ0n) is 11.4. The SMILES string of the molecule is CC(C)(CN)NC(=O)c1cc(-c2ccc(F)cc2)n[nH]1. The molecule has 1 aromatic heterocycles. The van der Waals surface area contributed by atoms with E-state index in [-0.39, 0.29) is 11.7 Å². The Kier molecular flexibility index (Phi) is 3.85. The number of aromatic nitrogens is 2. The Balaban J connectivity index is 2.17. The van der Waals surface area contributed by atoms with Crippen molar-refractivity contribution in [1.29, 1.82) is 0 Å². The first-order chi connectivity index (χ1) is 9.41. The van der Waals surface area contributed by atoms with E-state index in [2.05, 4.69) is 15.5 Å². The Bertz CT molecular complexity index is 604. The second-order valence-corrected chi connectivity index (χ2v) is 5.22. The van der Waals surface area contributed by atoms with Crippen LogP contribution in [-0.4, -0.2) is 28.2 Å². The van der Waals surface area contributed by atoms with Crippen molar-refractivity contribution in [2.75, 3.05) is 6.54 Å². The van der Waals surface area contributed by atoms with E-state index >= 15 is 0 Å². The van der Waals surface area contributed by atoms with E-state index < -0.39 is 5.54 Å². The summed E-state index contributed by atoms with van der Waals surface area (Å²) in [5.41, 5.74) is 6.74. The van der Waals surface area contributed by atoms with Crippen molar-refractivity contribution in [3.8, 4) is 11.3 Å². The van der Waals surface area contributed by atoms with Gasteiger partial charge >= 0.3 is 0 Å². The molecule has 2 aromatic rings. The molecule has 0 radical (unpaired) electrons. The molecule has 2 rings (SSSR count). The van der Waals surface area contributed by atoms with Crippen molar-refractivity contribution in [2.24, 2.45) is 5.73 Å². The van der Waals surface area contributed by atoms with Crippen LogP contribution in [0.2, 0.25) is 0 Å². The number of carbonyl (C=O) groups excluding carboxylic acids is 1. The number of nitrogens with two attached hydrogens (primary N) is 1. The smallest absolute Gasteiger partial charge is 0.269 e. The summed E-state index contributed by atoms with van der Waals surface area (Å²) in [6, 6.07) is 7.53. The number of benzene rings is 1. The number of carbonyl (C=O) groups is 1. The Morgan fingerprint density at radius 2 is 2.05 bits per heavy atom. The first-order valence-electron chi connectivity index (χ1n) is 6.25. The quantitative estimate of drug-likeness (QED) is 0.794. The Morgan fingerprint density at radius 1 is 1.40 bits per heavy atom. The molecule has 1 aromatic carbocycles. The first kappa shape index (κ1) is 14.2. The molecule has 4 N–H and O–H groups in total. The van der Waals surface area contributed by atoms with Crippen LogP contribution >= 0.6 is 0 Å². The molecule has 0 saturated heterocycles. The van der Waals surface area contributed by atoms with Gasteiger partial charge in [0.1, 0.15) is 11.5 Å². The van der Waals surface area contributed by atoms with Gasteiger partial charge in [-0.25, -0.2) is 4.39 Å². The average Bonchev–Trinajstić information content (AvgIpc) is 2.89. The highest BCUT2D eigenvalue weighted by atomic mass is 19.1. The maximum absolute atomic E-state index is 12.9. The molecule has 0 unspecified atom stereocenters. The van der Waals surface area contributed by atoms with Crippen LogP contribution in [0, 0.1) is 5.82 Å². The van der Waals surface area contributed by atoms with E-state index in [0.717, 1.165) is 5.56 Å². The van der Waals surface area contributed by atoms with Gasteiger partial charge < -0.3 is 11.1 Å². The molecule has 106 valence electrons. The number of hydrogen-bond acceptors (Lipinski definition) is 3. The Morgan fingerprint density at radius 3 is 2.65 bits per heavy atom. The number of H-pyrrole nitrogens is 1. The molecule has 0 aliphatic rings. The second-order valence-electron chi connectivity index (χ2n) is 5.22. The summed E-state index contributed by atoms with van der Waals surface area (Å²) in [5.74, 6) is -0.590. The van der Waals surface area contributed by atoms with Gasteiger partial charge in [-0.05, 0) is 44.2 Å². The normalized spacial score (nSPS) is 11.4. The second kappa shape index (κ2) is 5.42. The van der Waals surface area contributed by atoms with Gasteiger partial charge in [-0.2, -0.15) is 5.10 Å². The largest absolute Gasteiger partial charge is 0.345 e. The van der Waals surface area contributed by atoms with Crippen LogP contribution in [0.5, 0.6) is 0 Å². The van der Waals surface area contributed by atoms with Gasteiger partial charge in [-0.3, -0.25) is 9.89 Å². The van der Waals surface area contributed by atoms with E-state index in [4.69, 9.17) is 5.73 Å². The van der Waals surface area contributed by atoms with Crippen LogP contribution in [0.25, 0.3) is 11.3 Å². The minimum atomic E-state index is -0.488. The fourth-order valence-corrected chi connectivity index (χ4v) is 1.63. The van der Waals surface area contributed by atoms with Gasteiger partial charge in [0.05, 0.1) is 5.69 Å². The lowest BCUT2D eigenvalue weighted by atomic mass is 10.1. The third-order valence-electron chi connectivity index (χ3n) is 2.92. The molecule has 5 nitrogen and oxygen atoms in total. The van der Waals surface area contributed by atoms with Crippen molar-refractivity contribution in [2.45, 2.75) is 19.4 Å². The van der Waals surface area contributed by atoms with Gasteiger partial charge in [0, 0.05) is 17.6 Å². The lowest BCUT2D eigenvalue weighted by molar-refractivity contribution is 0.0910. The number of halogens is 1. The van der Waals surface area contributed by atoms with E-state index in [1.54, 1.807) is 18.2 Å². The first-order valence-corrected chi connectivity index (χ1v) is 6.25. The van der Waals surface area contributed by atoms with Crippen LogP contribution < -0.4 is 11.1 Å². The Hall–Kier alpha value is -2.21. The molecule has 1 amide bonds. The molecular weight excluding hydrogens is 259 g/mol. The topological polar surface area (TPSA) is 83.8 Å². The third kappa shape index (κ3) is 3.21. The standard InChI is InChI=1S/C14H17FN4O/c1-14(2,8-16)17-13(20)12-7-11(18-19-12)9-3-5-10(15)6-4-9/h3-7H,8,16H2,1-2H3,(H,17,20)(H,18,19). The number of nitrogens with one attached hydrogen (secondary N) is 2. The molecule has 6 heteroatoms. The van der Waals surface area contributed by atoms with Gasteiger partial charge in [0.15, 0.2) is 0 Å². The van der Waals surface area contributed by atoms with Crippen molar-refractivity contribution < 1.29 is 9.18 Å². The van der Waals surface area contributed by atoms with Gasteiger partial charge in [-0.15, -0.1) is 0 Å². The molecule has 0 bridgehead atoms. The van der Waals surface area contributed by atoms with Gasteiger partial charge in [-0.1, -0.05) is 0 Å². The summed E-state index contributed by atoms with van der Waals surface area (Å²) >= 11 is 0. The summed E-state index contributed by atoms with van der Waals surface area (Å²) in [4.78, 5) is 12.0. The molecule has 0 saturated carbocycles. The summed E-state index contributed by atoms with van der Waals surface area (Å²) in [6.07, 6.45) is 0. The molecule has 0 fully saturated rings. The monoisotopic (exact) mass is 276 g/mol. The van der Waals surface area contributed by atoms with Crippen molar-refractivity contribution in [3.63, 3.8) is 0 Å². The van der Waals surface area contributed by atoms with Crippen molar-refractivity contribution in [3.05, 3.63) is 41.8 Å². The highest BCUT2D eigenvalue weighted by Crippen LogP contribution is 2.18. The van der Waals surface area contributed by atoms with Crippen LogP contribution in [0.3, 0.4) is 0 Å². The van der Waals surface area contributed by atoms with Crippen LogP contribution in [-0.2, 0) is 0 Å². The van der Waals surface area contributed by atoms with E-state index in [9.17, 15) is 9.18 Å². The highest BCUT2D eigenvalue weighted by molar-refractivity contribution is 5.93. The molecule has 0 spiro atoms. The van der Waals surface area contributed by atoms with Crippen LogP contribution in [0.4, 0.5) is 4.39 Å². The molecule has 1 heterocycles. The van der Waals surface area contributed by atoms with Gasteiger partial charge in [0.2, 0.25) is 0 Å². The number of nitrogens with zero attached hydrogens (tertiary/aromatic N) is 1. The summed E-state index contributed by atoms with van der Waals surface area (Å²) in [5, 5.41) is 9.52. The average molecular weight is 276 g/mol. The predicted molar refractivity (Wildman–Crippen MR) is 74.6 cm³/mol. The number of rotatable bonds is 4. The van der Waals surface area contributed by atoms with Crippen molar-refractivity contribution >= 4 is 5.91 Å². The minimum absolute atomic E-state index is 0.277. The number of hydrogen-bond donors (Lipinski definition) is 3. The maximum Gasteiger partial charge on any atom is 0.269 e. The van der Waals surface area contributed by atoms with Crippen LogP contribution in [0.15, 0.2) is 30.3 Å². The van der Waals surface area contributed by atoms with Crippen molar-refractivity contribution in [1.82, 2.24) is 15.5 Å². The minimum Gasteiger partial charge on any atom is -0.345 e. The summed E-state index contributed by atoms with van der Waals surface area (Å²) < 4.78 is 12.9. The summed E-state index contributed by atoms with van der Waals surface area (Å²) in [7, 11) is 0. The molecule has 20 heavy (non-hydrogen) atoms. The lowest BCUT2D eigenvalue weighted by Gasteiger charge is -2.23. The van der Waals surface area contributed by atoms with Gasteiger partial charge in [0.25, 0.3) is 5.91 Å². The highest BCUT2D eigenvalue weighted by Gasteiger charge is 2.20. The zero-order valence-corrected chi connectivity index (χ0v) is 11.4. The maximum atomic E-state index is 12.9. The predicted octanol–water partition coefficient (Wildman–Crippen LogP) is 1.68. The zero-order chi connectivity index (χ0) is 14.8. The molecular formula is C14H17FN4O. The van der Waals surface area contributed by atoms with Crippen LogP contribution in [0.1, 0.15) is 24.3 Å². The summed E-state index contributed by atoms with van der Waals surface area (Å²) in [6.45, 7) is 4.00. The molecule has 0 atom stereocenters. The fourth-order valence-electron chi connectivity index (χ4n) is 1.63. The van der Waals surface area contributed by atoms with E-state index in [1.165, 1.54) is 12.1 Å². The number of amides is 1.